The van der Waals surface area contributed by atoms with Crippen LogP contribution in [0.4, 0.5) is 0 Å². The van der Waals surface area contributed by atoms with Crippen LogP contribution >= 0.6 is 0 Å². The van der Waals surface area contributed by atoms with Crippen molar-refractivity contribution >= 4 is 0 Å². The summed E-state index contributed by atoms with van der Waals surface area (Å²) in [5.41, 5.74) is 0. The summed E-state index contributed by atoms with van der Waals surface area (Å²) in [5.74, 6) is 0. The molecule has 1 atom stereocenters. The minimum atomic E-state index is 0.705. The molecule has 0 saturated carbocycles. The molecule has 78 valence electrons. The van der Waals surface area contributed by atoms with Crippen LogP contribution in [0.25, 0.3) is 0 Å². The van der Waals surface area contributed by atoms with Gasteiger partial charge in [0.15, 0.2) is 0 Å². The molecule has 3 nitrogen and oxygen atoms in total. The van der Waals surface area contributed by atoms with Crippen LogP contribution in [0.3, 0.4) is 0 Å². The second-order valence-corrected chi connectivity index (χ2v) is 3.79. The number of unbranched alkanes of at least 4 members (excludes halogenated alkanes) is 1. The normalized spacial score (nSPS) is 24.9. The molecule has 0 bridgehead atoms. The van der Waals surface area contributed by atoms with E-state index >= 15 is 0 Å². The number of nitrogens with zero attached hydrogens (tertiary/aromatic N) is 1. The molecule has 0 aliphatic carbocycles. The Kier molecular flexibility index (Phi) is 5.35. The Hall–Kier alpha value is -0.120. The highest BCUT2D eigenvalue weighted by Gasteiger charge is 2.16. The van der Waals surface area contributed by atoms with Gasteiger partial charge in [0.1, 0.15) is 0 Å². The minimum Gasteiger partial charge on any atom is -0.385 e. The number of nitrogens with one attached hydrogen (secondary N) is 1. The van der Waals surface area contributed by atoms with Crippen LogP contribution in [-0.4, -0.2) is 50.8 Å². The molecule has 0 aromatic rings. The first-order chi connectivity index (χ1) is 6.34. The smallest absolute Gasteiger partial charge is 0.0462 e. The van der Waals surface area contributed by atoms with E-state index in [4.69, 9.17) is 4.74 Å². The van der Waals surface area contributed by atoms with Crippen molar-refractivity contribution in [2.75, 3.05) is 39.9 Å². The predicted molar refractivity (Wildman–Crippen MR) is 55.0 cm³/mol. The van der Waals surface area contributed by atoms with Crippen LogP contribution in [-0.2, 0) is 4.74 Å². The number of methoxy groups -OCH3 is 1. The molecule has 3 heteroatoms. The van der Waals surface area contributed by atoms with E-state index in [0.717, 1.165) is 19.7 Å². The van der Waals surface area contributed by atoms with Crippen molar-refractivity contribution in [3.8, 4) is 0 Å². The van der Waals surface area contributed by atoms with Crippen LogP contribution in [0.5, 0.6) is 0 Å². The van der Waals surface area contributed by atoms with Gasteiger partial charge in [-0.05, 0) is 26.3 Å². The highest BCUT2D eigenvalue weighted by Crippen LogP contribution is 2.04. The maximum Gasteiger partial charge on any atom is 0.0462 e. The van der Waals surface area contributed by atoms with Gasteiger partial charge in [-0.25, -0.2) is 0 Å². The van der Waals surface area contributed by atoms with Gasteiger partial charge in [-0.1, -0.05) is 0 Å². The molecule has 0 aromatic carbocycles. The van der Waals surface area contributed by atoms with E-state index in [2.05, 4.69) is 17.1 Å². The van der Waals surface area contributed by atoms with Crippen molar-refractivity contribution in [1.82, 2.24) is 10.2 Å². The average Bonchev–Trinajstić information content (AvgIpc) is 2.15. The monoisotopic (exact) mass is 186 g/mol. The van der Waals surface area contributed by atoms with Crippen molar-refractivity contribution < 1.29 is 4.74 Å². The Morgan fingerprint density at radius 2 is 2.31 bits per heavy atom. The van der Waals surface area contributed by atoms with Gasteiger partial charge in [-0.2, -0.15) is 0 Å². The van der Waals surface area contributed by atoms with Gasteiger partial charge in [-0.15, -0.1) is 0 Å². The predicted octanol–water partition coefficient (Wildman–Crippen LogP) is 0.707. The van der Waals surface area contributed by atoms with Crippen LogP contribution in [0.15, 0.2) is 0 Å². The highest BCUT2D eigenvalue weighted by atomic mass is 16.5. The summed E-state index contributed by atoms with van der Waals surface area (Å²) in [5, 5.41) is 3.40. The summed E-state index contributed by atoms with van der Waals surface area (Å²) in [7, 11) is 1.77. The van der Waals surface area contributed by atoms with Gasteiger partial charge in [0, 0.05) is 39.4 Å². The second kappa shape index (κ2) is 6.35. The Morgan fingerprint density at radius 1 is 1.46 bits per heavy atom. The first-order valence-corrected chi connectivity index (χ1v) is 5.28. The first kappa shape index (κ1) is 11.0. The van der Waals surface area contributed by atoms with Crippen LogP contribution in [0.1, 0.15) is 19.8 Å². The lowest BCUT2D eigenvalue weighted by atomic mass is 10.2. The number of rotatable bonds is 5. The maximum absolute atomic E-state index is 5.03. The Bertz CT molecular complexity index is 130. The van der Waals surface area contributed by atoms with Crippen LogP contribution in [0.2, 0.25) is 0 Å². The number of piperazine rings is 1. The lowest BCUT2D eigenvalue weighted by Crippen LogP contribution is -2.49. The molecule has 1 unspecified atom stereocenters. The fraction of sp³-hybridized carbons (Fsp3) is 1.00. The molecule has 0 aromatic heterocycles. The molecule has 0 radical (unpaired) electrons. The van der Waals surface area contributed by atoms with E-state index in [1.54, 1.807) is 7.11 Å². The van der Waals surface area contributed by atoms with Gasteiger partial charge in [0.2, 0.25) is 0 Å². The topological polar surface area (TPSA) is 24.5 Å². The SMILES string of the molecule is COCCCCN1CCNCC1C. The van der Waals surface area contributed by atoms with E-state index in [1.807, 2.05) is 0 Å². The minimum absolute atomic E-state index is 0.705. The summed E-state index contributed by atoms with van der Waals surface area (Å²) in [4.78, 5) is 2.56. The standard InChI is InChI=1S/C10H22N2O/c1-10-9-11-5-7-12(10)6-3-4-8-13-2/h10-11H,3-9H2,1-2H3. The third-order valence-corrected chi connectivity index (χ3v) is 2.68. The van der Waals surface area contributed by atoms with Gasteiger partial charge < -0.3 is 10.1 Å². The van der Waals surface area contributed by atoms with Crippen molar-refractivity contribution in [2.24, 2.45) is 0 Å². The number of hydrogen-bond donors (Lipinski definition) is 1. The van der Waals surface area contributed by atoms with E-state index < -0.39 is 0 Å². The Balaban J connectivity index is 2.05. The lowest BCUT2D eigenvalue weighted by molar-refractivity contribution is 0.154. The molecule has 1 fully saturated rings. The van der Waals surface area contributed by atoms with Gasteiger partial charge in [0.25, 0.3) is 0 Å². The van der Waals surface area contributed by atoms with Gasteiger partial charge in [-0.3, -0.25) is 4.90 Å². The average molecular weight is 186 g/mol. The van der Waals surface area contributed by atoms with Gasteiger partial charge in [0.05, 0.1) is 0 Å². The van der Waals surface area contributed by atoms with Crippen LogP contribution < -0.4 is 5.32 Å². The third kappa shape index (κ3) is 4.07. The van der Waals surface area contributed by atoms with Crippen molar-refractivity contribution in [3.05, 3.63) is 0 Å². The molecule has 0 spiro atoms. The molecule has 1 N–H and O–H groups in total. The fourth-order valence-corrected chi connectivity index (χ4v) is 1.78. The highest BCUT2D eigenvalue weighted by molar-refractivity contribution is 4.75. The zero-order valence-electron chi connectivity index (χ0n) is 8.88. The number of ether oxygens (including phenoxy) is 1. The van der Waals surface area contributed by atoms with E-state index in [0.29, 0.717) is 6.04 Å². The third-order valence-electron chi connectivity index (χ3n) is 2.68. The summed E-state index contributed by atoms with van der Waals surface area (Å²) in [6.45, 7) is 7.92. The number of hydrogen-bond acceptors (Lipinski definition) is 3. The molecule has 1 saturated heterocycles. The molecular formula is C10H22N2O. The molecule has 1 rings (SSSR count). The van der Waals surface area contributed by atoms with E-state index in [1.165, 1.54) is 25.9 Å². The van der Waals surface area contributed by atoms with E-state index in [9.17, 15) is 0 Å². The summed E-state index contributed by atoms with van der Waals surface area (Å²) in [6.07, 6.45) is 2.45. The molecule has 1 heterocycles. The molecule has 1 aliphatic rings. The summed E-state index contributed by atoms with van der Waals surface area (Å²) in [6, 6.07) is 0.705. The quantitative estimate of drug-likeness (QED) is 0.640. The van der Waals surface area contributed by atoms with Crippen molar-refractivity contribution in [1.29, 1.82) is 0 Å². The molecule has 1 aliphatic heterocycles. The maximum atomic E-state index is 5.03. The fourth-order valence-electron chi connectivity index (χ4n) is 1.78. The van der Waals surface area contributed by atoms with Gasteiger partial charge >= 0.3 is 0 Å². The van der Waals surface area contributed by atoms with Crippen molar-refractivity contribution in [2.45, 2.75) is 25.8 Å². The second-order valence-electron chi connectivity index (χ2n) is 3.79. The summed E-state index contributed by atoms with van der Waals surface area (Å²) < 4.78 is 5.03. The Morgan fingerprint density at radius 3 is 3.00 bits per heavy atom. The molecule has 0 amide bonds. The largest absolute Gasteiger partial charge is 0.385 e. The zero-order chi connectivity index (χ0) is 9.52. The first-order valence-electron chi connectivity index (χ1n) is 5.28. The van der Waals surface area contributed by atoms with E-state index in [-0.39, 0.29) is 0 Å². The zero-order valence-corrected chi connectivity index (χ0v) is 8.88. The van der Waals surface area contributed by atoms with Crippen LogP contribution in [0, 0.1) is 0 Å². The summed E-state index contributed by atoms with van der Waals surface area (Å²) >= 11 is 0. The molecular weight excluding hydrogens is 164 g/mol. The van der Waals surface area contributed by atoms with Crippen molar-refractivity contribution in [3.63, 3.8) is 0 Å². The Labute approximate surface area is 81.4 Å². The lowest BCUT2D eigenvalue weighted by Gasteiger charge is -2.33. The molecule has 13 heavy (non-hydrogen) atoms.